The standard InChI is InChI=1S/C30H36ClFN5O3PS/c1-30(2,3)40-29(38)36-28(42-5)23(13-33)22-12-18(32)6-9-21(22)26-24(31)10-17(11-25(26)41)27(34-16-39-4)37-14-19-7-8-20(15-37)35-19/h6,9-12,19-20,35H,7-8,14-16,41H2,1-5H3,(H,36,38)/b28-23-,34-27+. The van der Waals surface area contributed by atoms with Gasteiger partial charge in [-0.25, -0.2) is 14.2 Å². The van der Waals surface area contributed by atoms with Crippen molar-refractivity contribution in [3.8, 4) is 17.2 Å². The van der Waals surface area contributed by atoms with Crippen LogP contribution in [0.15, 0.2) is 40.4 Å². The molecule has 12 heteroatoms. The number of aliphatic imine (C=N–C) groups is 1. The van der Waals surface area contributed by atoms with Crippen LogP contribution in [-0.4, -0.2) is 67.7 Å². The second kappa shape index (κ2) is 13.7. The monoisotopic (exact) mass is 631 g/mol. The van der Waals surface area contributed by atoms with E-state index in [4.69, 9.17) is 26.1 Å². The Labute approximate surface area is 258 Å². The Bertz CT molecular complexity index is 1420. The topological polar surface area (TPSA) is 99.0 Å². The van der Waals surface area contributed by atoms with Crippen LogP contribution in [0, 0.1) is 17.1 Å². The lowest BCUT2D eigenvalue weighted by atomic mass is 9.94. The summed E-state index contributed by atoms with van der Waals surface area (Å²) in [7, 11) is 4.32. The molecule has 0 radical (unpaired) electrons. The summed E-state index contributed by atoms with van der Waals surface area (Å²) >= 11 is 8.12. The number of piperazine rings is 1. The van der Waals surface area contributed by atoms with Crippen molar-refractivity contribution in [1.29, 1.82) is 5.26 Å². The molecule has 2 N–H and O–H groups in total. The van der Waals surface area contributed by atoms with Crippen LogP contribution in [0.4, 0.5) is 9.18 Å². The second-order valence-electron chi connectivity index (χ2n) is 11.2. The van der Waals surface area contributed by atoms with Crippen molar-refractivity contribution < 1.29 is 18.7 Å². The van der Waals surface area contributed by atoms with Gasteiger partial charge in [0.05, 0.1) is 10.6 Å². The summed E-state index contributed by atoms with van der Waals surface area (Å²) in [5.74, 6) is 0.273. The van der Waals surface area contributed by atoms with E-state index in [1.165, 1.54) is 12.1 Å². The Kier molecular flexibility index (Phi) is 10.6. The minimum absolute atomic E-state index is 0.0889. The van der Waals surface area contributed by atoms with Gasteiger partial charge in [-0.3, -0.25) is 5.32 Å². The minimum Gasteiger partial charge on any atom is -0.444 e. The molecule has 3 unspecified atom stereocenters. The maximum atomic E-state index is 14.6. The zero-order valence-electron chi connectivity index (χ0n) is 24.4. The Morgan fingerprint density at radius 3 is 2.55 bits per heavy atom. The lowest BCUT2D eigenvalue weighted by Crippen LogP contribution is -2.53. The molecule has 2 saturated heterocycles. The molecule has 0 spiro atoms. The molecular formula is C30H36ClFN5O3PS. The molecule has 2 aliphatic heterocycles. The minimum atomic E-state index is -0.732. The van der Waals surface area contributed by atoms with E-state index in [-0.39, 0.29) is 17.3 Å². The molecule has 0 saturated carbocycles. The van der Waals surface area contributed by atoms with Crippen LogP contribution in [0.25, 0.3) is 16.7 Å². The molecule has 1 amide bonds. The van der Waals surface area contributed by atoms with Gasteiger partial charge in [-0.05, 0) is 75.0 Å². The van der Waals surface area contributed by atoms with Gasteiger partial charge in [0.25, 0.3) is 0 Å². The predicted molar refractivity (Wildman–Crippen MR) is 172 cm³/mol. The van der Waals surface area contributed by atoms with Gasteiger partial charge in [-0.15, -0.1) is 21.0 Å². The molecule has 2 aromatic carbocycles. The number of thioether (sulfide) groups is 1. The highest BCUT2D eigenvalue weighted by molar-refractivity contribution is 8.02. The van der Waals surface area contributed by atoms with E-state index in [1.54, 1.807) is 40.2 Å². The number of hydrogen-bond donors (Lipinski definition) is 2. The second-order valence-corrected chi connectivity index (χ2v) is 13.0. The van der Waals surface area contributed by atoms with Crippen LogP contribution >= 0.6 is 32.6 Å². The highest BCUT2D eigenvalue weighted by Gasteiger charge is 2.34. The van der Waals surface area contributed by atoms with Gasteiger partial charge in [0.15, 0.2) is 0 Å². The number of alkyl carbamates (subject to hydrolysis) is 1. The molecule has 2 aliphatic rings. The molecule has 3 atom stereocenters. The van der Waals surface area contributed by atoms with E-state index in [9.17, 15) is 14.4 Å². The van der Waals surface area contributed by atoms with Crippen LogP contribution in [0.3, 0.4) is 0 Å². The SMILES string of the molecule is COC/N=C(\c1cc(P)c(-c2ccc(F)cc2/C(C#N)=C(/NC(=O)OC(C)(C)C)SC)c(Cl)c1)N1CC2CCC(C1)N2. The fraction of sp³-hybridized carbons (Fsp3) is 0.433. The van der Waals surface area contributed by atoms with Crippen molar-refractivity contribution in [2.45, 2.75) is 51.3 Å². The molecule has 42 heavy (non-hydrogen) atoms. The van der Waals surface area contributed by atoms with Crippen LogP contribution in [-0.2, 0) is 9.47 Å². The average molecular weight is 632 g/mol. The molecule has 4 rings (SSSR count). The number of methoxy groups -OCH3 is 1. The van der Waals surface area contributed by atoms with Crippen molar-refractivity contribution in [2.75, 3.05) is 33.2 Å². The molecule has 224 valence electrons. The van der Waals surface area contributed by atoms with E-state index in [0.717, 1.165) is 54.4 Å². The number of amides is 1. The third kappa shape index (κ3) is 7.64. The first kappa shape index (κ1) is 32.2. The van der Waals surface area contributed by atoms with Gasteiger partial charge >= 0.3 is 6.09 Å². The van der Waals surface area contributed by atoms with Crippen molar-refractivity contribution in [1.82, 2.24) is 15.5 Å². The van der Waals surface area contributed by atoms with Crippen LogP contribution in [0.2, 0.25) is 5.02 Å². The Hall–Kier alpha value is -2.67. The van der Waals surface area contributed by atoms with Crippen LogP contribution < -0.4 is 15.9 Å². The first-order chi connectivity index (χ1) is 19.9. The van der Waals surface area contributed by atoms with E-state index >= 15 is 0 Å². The molecule has 2 bridgehead atoms. The number of halogens is 2. The zero-order valence-corrected chi connectivity index (χ0v) is 27.1. The number of likely N-dealkylation sites (tertiary alicyclic amines) is 1. The third-order valence-electron chi connectivity index (χ3n) is 6.92. The van der Waals surface area contributed by atoms with Gasteiger partial charge in [0, 0.05) is 54.0 Å². The van der Waals surface area contributed by atoms with Gasteiger partial charge in [-0.2, -0.15) is 5.26 Å². The maximum Gasteiger partial charge on any atom is 0.412 e. The number of allylic oxidation sites excluding steroid dienone is 1. The Morgan fingerprint density at radius 1 is 1.29 bits per heavy atom. The van der Waals surface area contributed by atoms with Crippen molar-refractivity contribution in [3.05, 3.63) is 57.3 Å². The number of rotatable bonds is 7. The van der Waals surface area contributed by atoms with Crippen LogP contribution in [0.5, 0.6) is 0 Å². The van der Waals surface area contributed by atoms with Gasteiger partial charge < -0.3 is 19.7 Å². The molecule has 2 heterocycles. The number of hydrogen-bond acceptors (Lipinski definition) is 7. The highest BCUT2D eigenvalue weighted by atomic mass is 35.5. The quantitative estimate of drug-likeness (QED) is 0.180. The fourth-order valence-corrected chi connectivity index (χ4v) is 6.75. The normalized spacial score (nSPS) is 19.3. The van der Waals surface area contributed by atoms with Crippen molar-refractivity contribution >= 4 is 55.4 Å². The summed E-state index contributed by atoms with van der Waals surface area (Å²) in [6.07, 6.45) is 3.28. The van der Waals surface area contributed by atoms with E-state index in [2.05, 4.69) is 30.8 Å². The molecule has 2 aromatic rings. The zero-order chi connectivity index (χ0) is 30.6. The Balaban J connectivity index is 1.78. The Morgan fingerprint density at radius 2 is 1.98 bits per heavy atom. The summed E-state index contributed by atoms with van der Waals surface area (Å²) in [5, 5.41) is 17.9. The molecular weight excluding hydrogens is 596 g/mol. The summed E-state index contributed by atoms with van der Waals surface area (Å²) in [6.45, 7) is 7.12. The van der Waals surface area contributed by atoms with Crippen LogP contribution in [0.1, 0.15) is 44.7 Å². The summed E-state index contributed by atoms with van der Waals surface area (Å²) < 4.78 is 25.3. The number of nitrogens with zero attached hydrogens (tertiary/aromatic N) is 3. The number of benzene rings is 2. The summed E-state index contributed by atoms with van der Waals surface area (Å²) in [6, 6.07) is 11.0. The maximum absolute atomic E-state index is 14.6. The van der Waals surface area contributed by atoms with E-state index < -0.39 is 17.5 Å². The summed E-state index contributed by atoms with van der Waals surface area (Å²) in [4.78, 5) is 19.6. The first-order valence-corrected chi connectivity index (χ1v) is 15.7. The van der Waals surface area contributed by atoms with Crippen molar-refractivity contribution in [2.24, 2.45) is 4.99 Å². The van der Waals surface area contributed by atoms with Gasteiger partial charge in [0.1, 0.15) is 30.1 Å². The number of ether oxygens (including phenoxy) is 2. The number of carbonyl (C=O) groups is 1. The molecule has 0 aromatic heterocycles. The smallest absolute Gasteiger partial charge is 0.412 e. The highest BCUT2D eigenvalue weighted by Crippen LogP contribution is 2.37. The fourth-order valence-electron chi connectivity index (χ4n) is 5.30. The first-order valence-electron chi connectivity index (χ1n) is 13.6. The lowest BCUT2D eigenvalue weighted by molar-refractivity contribution is 0.0550. The summed E-state index contributed by atoms with van der Waals surface area (Å²) in [5.41, 5.74) is 1.65. The number of nitrogens with one attached hydrogen (secondary N) is 2. The number of amidine groups is 1. The molecule has 2 fully saturated rings. The molecule has 8 nitrogen and oxygen atoms in total. The van der Waals surface area contributed by atoms with E-state index in [0.29, 0.717) is 33.8 Å². The number of fused-ring (bicyclic) bond motifs is 2. The van der Waals surface area contributed by atoms with Crippen molar-refractivity contribution in [3.63, 3.8) is 0 Å². The van der Waals surface area contributed by atoms with Gasteiger partial charge in [0.2, 0.25) is 0 Å². The van der Waals surface area contributed by atoms with E-state index in [1.807, 2.05) is 12.1 Å². The largest absolute Gasteiger partial charge is 0.444 e. The number of nitriles is 1. The number of carbonyl (C=O) groups excluding carboxylic acids is 1. The lowest BCUT2D eigenvalue weighted by Gasteiger charge is -2.35. The average Bonchev–Trinajstić information content (AvgIpc) is 3.25. The third-order valence-corrected chi connectivity index (χ3v) is 8.38. The molecule has 0 aliphatic carbocycles. The van der Waals surface area contributed by atoms with Gasteiger partial charge in [-0.1, -0.05) is 17.7 Å². The predicted octanol–water partition coefficient (Wildman–Crippen LogP) is 5.51.